The van der Waals surface area contributed by atoms with Gasteiger partial charge in [-0.3, -0.25) is 9.89 Å². The summed E-state index contributed by atoms with van der Waals surface area (Å²) in [5.74, 6) is 1.68. The number of hydrogen-bond donors (Lipinski definition) is 1. The van der Waals surface area contributed by atoms with Gasteiger partial charge in [0.1, 0.15) is 0 Å². The van der Waals surface area contributed by atoms with Crippen molar-refractivity contribution >= 4 is 5.91 Å². The van der Waals surface area contributed by atoms with Crippen LogP contribution in [-0.4, -0.2) is 55.4 Å². The molecule has 1 atom stereocenters. The Balaban J connectivity index is 1.85. The Labute approximate surface area is 146 Å². The zero-order valence-electron chi connectivity index (χ0n) is 14.7. The molecule has 1 N–H and O–H groups in total. The number of benzene rings is 1. The molecule has 2 heterocycles. The van der Waals surface area contributed by atoms with Gasteiger partial charge in [0, 0.05) is 36.5 Å². The molecule has 1 unspecified atom stereocenters. The molecule has 1 fully saturated rings. The Bertz CT molecular complexity index is 705. The largest absolute Gasteiger partial charge is 0.493 e. The van der Waals surface area contributed by atoms with E-state index in [9.17, 15) is 4.79 Å². The number of carbonyl (C=O) groups is 1. The van der Waals surface area contributed by atoms with E-state index in [0.717, 1.165) is 25.1 Å². The summed E-state index contributed by atoms with van der Waals surface area (Å²) in [4.78, 5) is 14.9. The van der Waals surface area contributed by atoms with E-state index in [-0.39, 0.29) is 11.8 Å². The summed E-state index contributed by atoms with van der Waals surface area (Å²) in [5, 5.41) is 7.03. The quantitative estimate of drug-likeness (QED) is 0.901. The molecule has 0 aliphatic carbocycles. The van der Waals surface area contributed by atoms with Crippen LogP contribution in [0.4, 0.5) is 0 Å². The third-order valence-electron chi connectivity index (χ3n) is 4.58. The van der Waals surface area contributed by atoms with Crippen LogP contribution in [0.1, 0.15) is 34.8 Å². The van der Waals surface area contributed by atoms with E-state index in [2.05, 4.69) is 10.2 Å². The average Bonchev–Trinajstić information content (AvgIpc) is 3.21. The maximum Gasteiger partial charge on any atom is 0.254 e. The Hall–Kier alpha value is -2.70. The number of nitrogens with one attached hydrogen (secondary N) is 1. The molecular weight excluding hydrogens is 322 g/mol. The fraction of sp³-hybridized carbons (Fsp3) is 0.444. The van der Waals surface area contributed by atoms with E-state index < -0.39 is 0 Å². The second-order valence-electron chi connectivity index (χ2n) is 6.02. The maximum atomic E-state index is 13.0. The van der Waals surface area contributed by atoms with Crippen molar-refractivity contribution in [3.05, 3.63) is 35.7 Å². The molecule has 1 aliphatic heterocycles. The Morgan fingerprint density at radius 3 is 2.48 bits per heavy atom. The lowest BCUT2D eigenvalue weighted by Crippen LogP contribution is -2.39. The van der Waals surface area contributed by atoms with Gasteiger partial charge in [0.05, 0.1) is 21.3 Å². The number of nitrogens with zero attached hydrogens (tertiary/aromatic N) is 2. The maximum absolute atomic E-state index is 13.0. The van der Waals surface area contributed by atoms with Crippen molar-refractivity contribution in [1.82, 2.24) is 15.1 Å². The SMILES string of the molecule is COc1cc(C(=O)N2CCCC(c3ccn[nH]3)C2)cc(OC)c1OC. The monoisotopic (exact) mass is 345 g/mol. The first-order valence-corrected chi connectivity index (χ1v) is 8.26. The fourth-order valence-electron chi connectivity index (χ4n) is 3.30. The number of H-pyrrole nitrogens is 1. The summed E-state index contributed by atoms with van der Waals surface area (Å²) < 4.78 is 16.0. The minimum absolute atomic E-state index is 0.0385. The van der Waals surface area contributed by atoms with Crippen molar-refractivity contribution in [3.8, 4) is 17.2 Å². The number of hydrogen-bond acceptors (Lipinski definition) is 5. The number of amides is 1. The van der Waals surface area contributed by atoms with Crippen LogP contribution in [0.3, 0.4) is 0 Å². The molecule has 7 nitrogen and oxygen atoms in total. The summed E-state index contributed by atoms with van der Waals surface area (Å²) in [5.41, 5.74) is 1.60. The second kappa shape index (κ2) is 7.46. The number of aromatic amines is 1. The van der Waals surface area contributed by atoms with Gasteiger partial charge in [0.2, 0.25) is 5.75 Å². The van der Waals surface area contributed by atoms with Crippen LogP contribution in [0.25, 0.3) is 0 Å². The van der Waals surface area contributed by atoms with Gasteiger partial charge in [0.15, 0.2) is 11.5 Å². The normalized spacial score (nSPS) is 17.2. The summed E-state index contributed by atoms with van der Waals surface area (Å²) >= 11 is 0. The van der Waals surface area contributed by atoms with Gasteiger partial charge in [-0.1, -0.05) is 0 Å². The van der Waals surface area contributed by atoms with E-state index in [4.69, 9.17) is 14.2 Å². The highest BCUT2D eigenvalue weighted by atomic mass is 16.5. The lowest BCUT2D eigenvalue weighted by atomic mass is 9.94. The molecule has 1 aromatic heterocycles. The Morgan fingerprint density at radius 1 is 1.20 bits per heavy atom. The summed E-state index contributed by atoms with van der Waals surface area (Å²) in [6.07, 6.45) is 3.75. The first kappa shape index (κ1) is 17.1. The van der Waals surface area contributed by atoms with Gasteiger partial charge in [-0.05, 0) is 31.0 Å². The fourth-order valence-corrected chi connectivity index (χ4v) is 3.30. The van der Waals surface area contributed by atoms with Crippen LogP contribution in [0, 0.1) is 0 Å². The number of piperidine rings is 1. The number of aromatic nitrogens is 2. The minimum atomic E-state index is -0.0385. The third-order valence-corrected chi connectivity index (χ3v) is 4.58. The van der Waals surface area contributed by atoms with Crippen molar-refractivity contribution in [2.75, 3.05) is 34.4 Å². The molecule has 2 aromatic rings. The first-order chi connectivity index (χ1) is 12.2. The second-order valence-corrected chi connectivity index (χ2v) is 6.02. The molecule has 0 saturated carbocycles. The molecule has 3 rings (SSSR count). The first-order valence-electron chi connectivity index (χ1n) is 8.26. The van der Waals surface area contributed by atoms with Crippen molar-refractivity contribution in [2.45, 2.75) is 18.8 Å². The molecule has 0 radical (unpaired) electrons. The van der Waals surface area contributed by atoms with Crippen LogP contribution in [-0.2, 0) is 0 Å². The molecule has 7 heteroatoms. The Morgan fingerprint density at radius 2 is 1.92 bits per heavy atom. The molecule has 1 saturated heterocycles. The van der Waals surface area contributed by atoms with Gasteiger partial charge >= 0.3 is 0 Å². The highest BCUT2D eigenvalue weighted by Crippen LogP contribution is 2.38. The molecule has 1 aliphatic rings. The van der Waals surface area contributed by atoms with Crippen LogP contribution >= 0.6 is 0 Å². The summed E-state index contributed by atoms with van der Waals surface area (Å²) in [7, 11) is 4.63. The van der Waals surface area contributed by atoms with Crippen molar-refractivity contribution < 1.29 is 19.0 Å². The smallest absolute Gasteiger partial charge is 0.254 e. The predicted octanol–water partition coefficient (Wildman–Crippen LogP) is 2.46. The number of rotatable bonds is 5. The number of carbonyl (C=O) groups excluding carboxylic acids is 1. The van der Waals surface area contributed by atoms with Crippen molar-refractivity contribution in [1.29, 1.82) is 0 Å². The van der Waals surface area contributed by atoms with Crippen molar-refractivity contribution in [3.63, 3.8) is 0 Å². The zero-order valence-corrected chi connectivity index (χ0v) is 14.7. The number of ether oxygens (including phenoxy) is 3. The third kappa shape index (κ3) is 3.40. The predicted molar refractivity (Wildman–Crippen MR) is 92.6 cm³/mol. The highest BCUT2D eigenvalue weighted by Gasteiger charge is 2.27. The number of methoxy groups -OCH3 is 3. The lowest BCUT2D eigenvalue weighted by Gasteiger charge is -2.32. The van der Waals surface area contributed by atoms with Crippen molar-refractivity contribution in [2.24, 2.45) is 0 Å². The molecule has 0 spiro atoms. The van der Waals surface area contributed by atoms with Crippen LogP contribution < -0.4 is 14.2 Å². The van der Waals surface area contributed by atoms with Gasteiger partial charge in [-0.2, -0.15) is 5.10 Å². The summed E-state index contributed by atoms with van der Waals surface area (Å²) in [6, 6.07) is 5.37. The van der Waals surface area contributed by atoms with E-state index >= 15 is 0 Å². The molecular formula is C18H23N3O4. The molecule has 25 heavy (non-hydrogen) atoms. The topological polar surface area (TPSA) is 76.7 Å². The van der Waals surface area contributed by atoms with Gasteiger partial charge in [0.25, 0.3) is 5.91 Å². The van der Waals surface area contributed by atoms with Crippen LogP contribution in [0.5, 0.6) is 17.2 Å². The molecule has 134 valence electrons. The minimum Gasteiger partial charge on any atom is -0.493 e. The van der Waals surface area contributed by atoms with Gasteiger partial charge < -0.3 is 19.1 Å². The van der Waals surface area contributed by atoms with E-state index in [1.807, 2.05) is 11.0 Å². The van der Waals surface area contributed by atoms with Crippen LogP contribution in [0.2, 0.25) is 0 Å². The molecule has 0 bridgehead atoms. The summed E-state index contributed by atoms with van der Waals surface area (Å²) in [6.45, 7) is 1.40. The van der Waals surface area contributed by atoms with E-state index in [1.165, 1.54) is 0 Å². The standard InChI is InChI=1S/C18H23N3O4/c1-23-15-9-13(10-16(24-2)17(15)25-3)18(22)21-8-4-5-12(11-21)14-6-7-19-20-14/h6-7,9-10,12H,4-5,8,11H2,1-3H3,(H,19,20). The highest BCUT2D eigenvalue weighted by molar-refractivity contribution is 5.95. The lowest BCUT2D eigenvalue weighted by molar-refractivity contribution is 0.0705. The van der Waals surface area contributed by atoms with Crippen LogP contribution in [0.15, 0.2) is 24.4 Å². The van der Waals surface area contributed by atoms with Gasteiger partial charge in [-0.25, -0.2) is 0 Å². The molecule has 1 aromatic carbocycles. The Kier molecular flexibility index (Phi) is 5.11. The van der Waals surface area contributed by atoms with E-state index in [0.29, 0.717) is 29.4 Å². The molecule has 1 amide bonds. The zero-order chi connectivity index (χ0) is 17.8. The van der Waals surface area contributed by atoms with E-state index in [1.54, 1.807) is 39.7 Å². The average molecular weight is 345 g/mol. The number of likely N-dealkylation sites (tertiary alicyclic amines) is 1. The van der Waals surface area contributed by atoms with Gasteiger partial charge in [-0.15, -0.1) is 0 Å².